The summed E-state index contributed by atoms with van der Waals surface area (Å²) in [5, 5.41) is 4.13. The molecule has 0 N–H and O–H groups in total. The van der Waals surface area contributed by atoms with Crippen molar-refractivity contribution in [1.82, 2.24) is 10.1 Å². The largest absolute Gasteiger partial charge is 0.383 e. The number of carbonyl (C=O) groups is 1. The molecule has 0 aliphatic carbocycles. The first-order valence-corrected chi connectivity index (χ1v) is 9.05. The second kappa shape index (κ2) is 8.80. The summed E-state index contributed by atoms with van der Waals surface area (Å²) in [4.78, 5) is 14.4. The number of nitrogens with zero attached hydrogens (tertiary/aromatic N) is 2. The van der Waals surface area contributed by atoms with Crippen molar-refractivity contribution in [3.63, 3.8) is 0 Å². The van der Waals surface area contributed by atoms with Crippen LogP contribution in [-0.4, -0.2) is 36.2 Å². The topological polar surface area (TPSA) is 55.6 Å². The maximum atomic E-state index is 13.2. The van der Waals surface area contributed by atoms with Gasteiger partial charge in [0.25, 0.3) is 5.91 Å². The number of aromatic nitrogens is 1. The lowest BCUT2D eigenvalue weighted by Crippen LogP contribution is -2.33. The summed E-state index contributed by atoms with van der Waals surface area (Å²) < 4.78 is 23.8. The molecule has 5 nitrogen and oxygen atoms in total. The number of benzene rings is 2. The van der Waals surface area contributed by atoms with E-state index in [1.54, 1.807) is 12.0 Å². The van der Waals surface area contributed by atoms with Gasteiger partial charge in [-0.15, -0.1) is 0 Å². The molecule has 3 aromatic rings. The van der Waals surface area contributed by atoms with Gasteiger partial charge in [-0.25, -0.2) is 4.39 Å². The standard InChI is InChI=1S/C22H23FN2O3/c1-15-4-5-16(2)20(12-15)21-13-19(24-28-21)14-25(10-11-27-3)22(26)17-6-8-18(23)9-7-17/h4-9,12-13H,10-11,14H2,1-3H3. The first-order chi connectivity index (χ1) is 13.5. The number of aryl methyl sites for hydroxylation is 2. The summed E-state index contributed by atoms with van der Waals surface area (Å²) in [6.07, 6.45) is 0. The normalized spacial score (nSPS) is 10.9. The molecule has 0 aliphatic rings. The Hall–Kier alpha value is -2.99. The Bertz CT molecular complexity index is 951. The minimum absolute atomic E-state index is 0.215. The van der Waals surface area contributed by atoms with Gasteiger partial charge in [-0.3, -0.25) is 4.79 Å². The highest BCUT2D eigenvalue weighted by Crippen LogP contribution is 2.26. The van der Waals surface area contributed by atoms with E-state index in [0.29, 0.717) is 30.2 Å². The molecule has 0 atom stereocenters. The highest BCUT2D eigenvalue weighted by Gasteiger charge is 2.19. The first-order valence-electron chi connectivity index (χ1n) is 9.05. The Balaban J connectivity index is 1.81. The average molecular weight is 382 g/mol. The number of rotatable bonds is 7. The predicted octanol–water partition coefficient (Wildman–Crippen LogP) is 4.39. The van der Waals surface area contributed by atoms with Crippen molar-refractivity contribution in [3.8, 4) is 11.3 Å². The number of methoxy groups -OCH3 is 1. The molecular formula is C22H23FN2O3. The Labute approximate surface area is 163 Å². The molecule has 0 aliphatic heterocycles. The number of halogens is 1. The number of amides is 1. The van der Waals surface area contributed by atoms with Crippen molar-refractivity contribution >= 4 is 5.91 Å². The fourth-order valence-electron chi connectivity index (χ4n) is 2.94. The monoisotopic (exact) mass is 382 g/mol. The highest BCUT2D eigenvalue weighted by atomic mass is 19.1. The van der Waals surface area contributed by atoms with E-state index in [9.17, 15) is 9.18 Å². The van der Waals surface area contributed by atoms with Gasteiger partial charge < -0.3 is 14.2 Å². The number of hydrogen-bond acceptors (Lipinski definition) is 4. The molecule has 1 heterocycles. The maximum absolute atomic E-state index is 13.2. The van der Waals surface area contributed by atoms with E-state index < -0.39 is 0 Å². The molecule has 0 radical (unpaired) electrons. The van der Waals surface area contributed by atoms with Crippen LogP contribution in [0.1, 0.15) is 27.2 Å². The van der Waals surface area contributed by atoms with Crippen LogP contribution in [0, 0.1) is 19.7 Å². The minimum atomic E-state index is -0.380. The molecule has 2 aromatic carbocycles. The van der Waals surface area contributed by atoms with Gasteiger partial charge in [-0.2, -0.15) is 0 Å². The van der Waals surface area contributed by atoms with E-state index >= 15 is 0 Å². The van der Waals surface area contributed by atoms with Crippen LogP contribution in [0.25, 0.3) is 11.3 Å². The Morgan fingerprint density at radius 3 is 2.61 bits per heavy atom. The first kappa shape index (κ1) is 19.8. The van der Waals surface area contributed by atoms with Crippen LogP contribution < -0.4 is 0 Å². The SMILES string of the molecule is COCCN(Cc1cc(-c2cc(C)ccc2C)on1)C(=O)c1ccc(F)cc1. The van der Waals surface area contributed by atoms with Crippen LogP contribution >= 0.6 is 0 Å². The van der Waals surface area contributed by atoms with E-state index in [4.69, 9.17) is 9.26 Å². The van der Waals surface area contributed by atoms with Crippen LogP contribution in [0.2, 0.25) is 0 Å². The third-order valence-electron chi connectivity index (χ3n) is 4.51. The van der Waals surface area contributed by atoms with Gasteiger partial charge in [-0.05, 0) is 49.7 Å². The number of ether oxygens (including phenoxy) is 1. The summed E-state index contributed by atoms with van der Waals surface area (Å²) in [6, 6.07) is 13.5. The van der Waals surface area contributed by atoms with Gasteiger partial charge >= 0.3 is 0 Å². The lowest BCUT2D eigenvalue weighted by Gasteiger charge is -2.21. The molecule has 28 heavy (non-hydrogen) atoms. The van der Waals surface area contributed by atoms with Crippen LogP contribution in [-0.2, 0) is 11.3 Å². The van der Waals surface area contributed by atoms with E-state index in [-0.39, 0.29) is 18.3 Å². The minimum Gasteiger partial charge on any atom is -0.383 e. The Morgan fingerprint density at radius 1 is 1.14 bits per heavy atom. The van der Waals surface area contributed by atoms with Crippen molar-refractivity contribution in [2.24, 2.45) is 0 Å². The van der Waals surface area contributed by atoms with Gasteiger partial charge in [0.05, 0.1) is 13.2 Å². The van der Waals surface area contributed by atoms with Crippen LogP contribution in [0.3, 0.4) is 0 Å². The zero-order valence-corrected chi connectivity index (χ0v) is 16.2. The zero-order valence-electron chi connectivity index (χ0n) is 16.2. The molecule has 0 fully saturated rings. The van der Waals surface area contributed by atoms with Crippen LogP contribution in [0.5, 0.6) is 0 Å². The zero-order chi connectivity index (χ0) is 20.1. The van der Waals surface area contributed by atoms with Crippen LogP contribution in [0.15, 0.2) is 53.1 Å². The van der Waals surface area contributed by atoms with E-state index in [2.05, 4.69) is 5.16 Å². The van der Waals surface area contributed by atoms with E-state index in [1.165, 1.54) is 24.3 Å². The molecule has 1 amide bonds. The second-order valence-electron chi connectivity index (χ2n) is 6.73. The summed E-state index contributed by atoms with van der Waals surface area (Å²) in [7, 11) is 1.58. The third-order valence-corrected chi connectivity index (χ3v) is 4.51. The number of carbonyl (C=O) groups excluding carboxylic acids is 1. The Morgan fingerprint density at radius 2 is 1.89 bits per heavy atom. The van der Waals surface area contributed by atoms with Gasteiger partial charge in [0.1, 0.15) is 11.5 Å². The van der Waals surface area contributed by atoms with Crippen molar-refractivity contribution in [3.05, 3.63) is 76.7 Å². The van der Waals surface area contributed by atoms with Gasteiger partial charge in [-0.1, -0.05) is 22.9 Å². The smallest absolute Gasteiger partial charge is 0.254 e. The average Bonchev–Trinajstić information content (AvgIpc) is 3.15. The molecule has 0 saturated heterocycles. The lowest BCUT2D eigenvalue weighted by atomic mass is 10.0. The molecule has 0 saturated carbocycles. The van der Waals surface area contributed by atoms with Crippen LogP contribution in [0.4, 0.5) is 4.39 Å². The Kier molecular flexibility index (Phi) is 6.21. The molecule has 3 rings (SSSR count). The van der Waals surface area contributed by atoms with Crippen molar-refractivity contribution in [2.75, 3.05) is 20.3 Å². The highest BCUT2D eigenvalue weighted by molar-refractivity contribution is 5.94. The van der Waals surface area contributed by atoms with Gasteiger partial charge in [0, 0.05) is 30.8 Å². The lowest BCUT2D eigenvalue weighted by molar-refractivity contribution is 0.0676. The summed E-state index contributed by atoms with van der Waals surface area (Å²) in [5.74, 6) is 0.0696. The second-order valence-corrected chi connectivity index (χ2v) is 6.73. The fourth-order valence-corrected chi connectivity index (χ4v) is 2.94. The van der Waals surface area contributed by atoms with Crippen molar-refractivity contribution in [1.29, 1.82) is 0 Å². The van der Waals surface area contributed by atoms with Gasteiger partial charge in [0.2, 0.25) is 0 Å². The fraction of sp³-hybridized carbons (Fsp3) is 0.273. The van der Waals surface area contributed by atoms with E-state index in [1.807, 2.05) is 38.1 Å². The number of hydrogen-bond donors (Lipinski definition) is 0. The van der Waals surface area contributed by atoms with Gasteiger partial charge in [0.15, 0.2) is 5.76 Å². The molecule has 0 spiro atoms. The summed E-state index contributed by atoms with van der Waals surface area (Å²) in [6.45, 7) is 5.08. The summed E-state index contributed by atoms with van der Waals surface area (Å²) in [5.41, 5.74) is 4.25. The molecular weight excluding hydrogens is 359 g/mol. The molecule has 6 heteroatoms. The summed E-state index contributed by atoms with van der Waals surface area (Å²) >= 11 is 0. The molecule has 1 aromatic heterocycles. The molecule has 146 valence electrons. The maximum Gasteiger partial charge on any atom is 0.254 e. The quantitative estimate of drug-likeness (QED) is 0.608. The van der Waals surface area contributed by atoms with E-state index in [0.717, 1.165) is 16.7 Å². The molecule has 0 unspecified atom stereocenters. The third kappa shape index (κ3) is 4.64. The van der Waals surface area contributed by atoms with Crippen molar-refractivity contribution in [2.45, 2.75) is 20.4 Å². The van der Waals surface area contributed by atoms with Crippen molar-refractivity contribution < 1.29 is 18.4 Å². The molecule has 0 bridgehead atoms. The predicted molar refractivity (Wildman–Crippen MR) is 104 cm³/mol.